The first-order valence-corrected chi connectivity index (χ1v) is 8.43. The number of aromatic nitrogens is 1. The summed E-state index contributed by atoms with van der Waals surface area (Å²) in [5.41, 5.74) is 8.04. The fourth-order valence-electron chi connectivity index (χ4n) is 3.49. The van der Waals surface area contributed by atoms with Gasteiger partial charge in [-0.15, -0.1) is 0 Å². The van der Waals surface area contributed by atoms with E-state index in [1.807, 2.05) is 12.1 Å². The van der Waals surface area contributed by atoms with E-state index in [1.54, 1.807) is 0 Å². The number of ether oxygens (including phenoxy) is 1. The molecule has 1 fully saturated rings. The van der Waals surface area contributed by atoms with Crippen LogP contribution < -0.4 is 5.73 Å². The Morgan fingerprint density at radius 1 is 1.14 bits per heavy atom. The normalized spacial score (nSPS) is 17.9. The second-order valence-corrected chi connectivity index (χ2v) is 6.75. The first-order chi connectivity index (χ1) is 10.7. The lowest BCUT2D eigenvalue weighted by molar-refractivity contribution is -0.914. The number of nitrogens with zero attached hydrogens (tertiary/aromatic N) is 2. The van der Waals surface area contributed by atoms with Crippen molar-refractivity contribution in [1.82, 2.24) is 4.57 Å². The summed E-state index contributed by atoms with van der Waals surface area (Å²) in [6.45, 7) is 6.27. The number of hydrogen-bond acceptors (Lipinski definition) is 2. The number of likely N-dealkylation sites (N-methyl/N-ethyl adjacent to an activating group) is 1. The summed E-state index contributed by atoms with van der Waals surface area (Å²) >= 11 is 0. The fraction of sp³-hybridized carbons (Fsp3) is 0.556. The molecule has 0 aliphatic carbocycles. The van der Waals surface area contributed by atoms with Crippen LogP contribution in [0, 0.1) is 0 Å². The number of piperidine rings is 1. The van der Waals surface area contributed by atoms with Gasteiger partial charge >= 0.3 is 0 Å². The standard InChI is InChI=1S/C18H28N3O/c1-21(11-3-2-4-12-21)13-15-22-14-10-20-9-8-16-17(19)6-5-7-18(16)20/h5-9H,2-4,10-15,19H2,1H3/q+1. The first-order valence-electron chi connectivity index (χ1n) is 8.43. The molecule has 22 heavy (non-hydrogen) atoms. The molecule has 2 heterocycles. The van der Waals surface area contributed by atoms with Crippen LogP contribution >= 0.6 is 0 Å². The van der Waals surface area contributed by atoms with Crippen molar-refractivity contribution in [3.8, 4) is 0 Å². The van der Waals surface area contributed by atoms with Gasteiger partial charge in [0.05, 0.1) is 38.9 Å². The van der Waals surface area contributed by atoms with Gasteiger partial charge in [-0.3, -0.25) is 0 Å². The summed E-state index contributed by atoms with van der Waals surface area (Å²) in [5.74, 6) is 0. The molecule has 1 saturated heterocycles. The average Bonchev–Trinajstić information content (AvgIpc) is 2.92. The predicted molar refractivity (Wildman–Crippen MR) is 91.8 cm³/mol. The maximum atomic E-state index is 6.00. The molecule has 3 rings (SSSR count). The van der Waals surface area contributed by atoms with E-state index in [2.05, 4.69) is 29.9 Å². The zero-order valence-corrected chi connectivity index (χ0v) is 13.6. The maximum absolute atomic E-state index is 6.00. The van der Waals surface area contributed by atoms with Crippen LogP contribution in [0.4, 0.5) is 5.69 Å². The number of benzene rings is 1. The summed E-state index contributed by atoms with van der Waals surface area (Å²) in [4.78, 5) is 0. The number of nitrogen functional groups attached to an aromatic ring is 1. The molecular weight excluding hydrogens is 274 g/mol. The number of rotatable bonds is 6. The second kappa shape index (κ2) is 6.71. The van der Waals surface area contributed by atoms with Crippen molar-refractivity contribution in [3.05, 3.63) is 30.5 Å². The van der Waals surface area contributed by atoms with Crippen LogP contribution in [0.15, 0.2) is 30.5 Å². The van der Waals surface area contributed by atoms with E-state index in [0.29, 0.717) is 0 Å². The van der Waals surface area contributed by atoms with Crippen LogP contribution in [0.25, 0.3) is 10.9 Å². The minimum atomic E-state index is 0.762. The second-order valence-electron chi connectivity index (χ2n) is 6.75. The zero-order valence-electron chi connectivity index (χ0n) is 13.6. The highest BCUT2D eigenvalue weighted by Crippen LogP contribution is 2.21. The molecule has 4 heteroatoms. The smallest absolute Gasteiger partial charge is 0.102 e. The van der Waals surface area contributed by atoms with Crippen molar-refractivity contribution in [3.63, 3.8) is 0 Å². The highest BCUT2D eigenvalue weighted by Gasteiger charge is 2.23. The molecule has 4 nitrogen and oxygen atoms in total. The van der Waals surface area contributed by atoms with Crippen molar-refractivity contribution in [2.24, 2.45) is 0 Å². The van der Waals surface area contributed by atoms with E-state index in [4.69, 9.17) is 10.5 Å². The Hall–Kier alpha value is -1.52. The maximum Gasteiger partial charge on any atom is 0.102 e. The van der Waals surface area contributed by atoms with Gasteiger partial charge in [0.1, 0.15) is 6.54 Å². The van der Waals surface area contributed by atoms with Gasteiger partial charge in [-0.2, -0.15) is 0 Å². The Labute approximate surface area is 133 Å². The van der Waals surface area contributed by atoms with Crippen LogP contribution in [-0.2, 0) is 11.3 Å². The highest BCUT2D eigenvalue weighted by molar-refractivity contribution is 5.91. The van der Waals surface area contributed by atoms with Gasteiger partial charge in [0.15, 0.2) is 0 Å². The summed E-state index contributed by atoms with van der Waals surface area (Å²) < 4.78 is 9.29. The molecule has 0 radical (unpaired) electrons. The third kappa shape index (κ3) is 3.45. The predicted octanol–water partition coefficient (Wildman–Crippen LogP) is 2.87. The minimum absolute atomic E-state index is 0.762. The topological polar surface area (TPSA) is 40.2 Å². The molecule has 1 aromatic carbocycles. The van der Waals surface area contributed by atoms with Crippen molar-refractivity contribution in [2.45, 2.75) is 25.8 Å². The SMILES string of the molecule is C[N+]1(CCOCCn2ccc3c(N)cccc32)CCCCC1. The summed E-state index contributed by atoms with van der Waals surface area (Å²) in [6.07, 6.45) is 6.24. The molecule has 0 unspecified atom stereocenters. The molecule has 0 spiro atoms. The van der Waals surface area contributed by atoms with Crippen molar-refractivity contribution < 1.29 is 9.22 Å². The lowest BCUT2D eigenvalue weighted by Gasteiger charge is -2.37. The zero-order chi connectivity index (χ0) is 15.4. The number of fused-ring (bicyclic) bond motifs is 1. The lowest BCUT2D eigenvalue weighted by Crippen LogP contribution is -2.49. The Morgan fingerprint density at radius 2 is 1.95 bits per heavy atom. The van der Waals surface area contributed by atoms with Gasteiger partial charge in [0.2, 0.25) is 0 Å². The minimum Gasteiger partial charge on any atom is -0.398 e. The van der Waals surface area contributed by atoms with Crippen molar-refractivity contribution >= 4 is 16.6 Å². The first kappa shape index (κ1) is 15.4. The van der Waals surface area contributed by atoms with Gasteiger partial charge in [-0.25, -0.2) is 0 Å². The summed E-state index contributed by atoms with van der Waals surface area (Å²) in [6, 6.07) is 8.17. The highest BCUT2D eigenvalue weighted by atomic mass is 16.5. The van der Waals surface area contributed by atoms with Gasteiger partial charge in [-0.05, 0) is 37.5 Å². The molecule has 0 amide bonds. The average molecular weight is 302 g/mol. The third-order valence-corrected chi connectivity index (χ3v) is 5.00. The van der Waals surface area contributed by atoms with Gasteiger partial charge in [0.25, 0.3) is 0 Å². The molecule has 2 aromatic rings. The van der Waals surface area contributed by atoms with E-state index in [9.17, 15) is 0 Å². The largest absolute Gasteiger partial charge is 0.398 e. The Bertz CT molecular complexity index is 614. The Balaban J connectivity index is 1.45. The van der Waals surface area contributed by atoms with E-state index >= 15 is 0 Å². The fourth-order valence-corrected chi connectivity index (χ4v) is 3.49. The van der Waals surface area contributed by atoms with E-state index < -0.39 is 0 Å². The monoisotopic (exact) mass is 302 g/mol. The van der Waals surface area contributed by atoms with Crippen molar-refractivity contribution in [2.75, 3.05) is 45.6 Å². The molecule has 120 valence electrons. The summed E-state index contributed by atoms with van der Waals surface area (Å²) in [7, 11) is 2.37. The van der Waals surface area contributed by atoms with Crippen LogP contribution in [0.5, 0.6) is 0 Å². The third-order valence-electron chi connectivity index (χ3n) is 5.00. The van der Waals surface area contributed by atoms with E-state index in [1.165, 1.54) is 42.4 Å². The van der Waals surface area contributed by atoms with Crippen molar-refractivity contribution in [1.29, 1.82) is 0 Å². The van der Waals surface area contributed by atoms with Gasteiger partial charge < -0.3 is 19.5 Å². The Kier molecular flexibility index (Phi) is 4.69. The summed E-state index contributed by atoms with van der Waals surface area (Å²) in [5, 5.41) is 1.13. The molecular formula is C18H28N3O+. The molecule has 0 saturated carbocycles. The number of quaternary nitrogens is 1. The molecule has 0 atom stereocenters. The number of anilines is 1. The van der Waals surface area contributed by atoms with Gasteiger partial charge in [-0.1, -0.05) is 6.07 Å². The molecule has 1 aliphatic heterocycles. The Morgan fingerprint density at radius 3 is 2.77 bits per heavy atom. The van der Waals surface area contributed by atoms with Crippen LogP contribution in [-0.4, -0.2) is 48.9 Å². The molecule has 1 aromatic heterocycles. The quantitative estimate of drug-likeness (QED) is 0.506. The van der Waals surface area contributed by atoms with E-state index in [0.717, 1.165) is 37.4 Å². The number of likely N-dealkylation sites (tertiary alicyclic amines) is 1. The van der Waals surface area contributed by atoms with E-state index in [-0.39, 0.29) is 0 Å². The lowest BCUT2D eigenvalue weighted by atomic mass is 10.1. The van der Waals surface area contributed by atoms with Crippen LogP contribution in [0.1, 0.15) is 19.3 Å². The number of hydrogen-bond donors (Lipinski definition) is 1. The molecule has 1 aliphatic rings. The van der Waals surface area contributed by atoms with Gasteiger partial charge in [0, 0.05) is 23.8 Å². The molecule has 0 bridgehead atoms. The molecule has 2 N–H and O–H groups in total. The number of nitrogens with two attached hydrogens (primary N) is 1. The van der Waals surface area contributed by atoms with Crippen LogP contribution in [0.3, 0.4) is 0 Å². The van der Waals surface area contributed by atoms with Crippen LogP contribution in [0.2, 0.25) is 0 Å².